The molecule has 2 aliphatic heterocycles. The van der Waals surface area contributed by atoms with Crippen LogP contribution in [0.5, 0.6) is 0 Å². The van der Waals surface area contributed by atoms with Crippen molar-refractivity contribution in [3.05, 3.63) is 83.7 Å². The summed E-state index contributed by atoms with van der Waals surface area (Å²) in [5.41, 5.74) is 1.11. The van der Waals surface area contributed by atoms with Crippen LogP contribution in [0.25, 0.3) is 0 Å². The van der Waals surface area contributed by atoms with E-state index >= 15 is 0 Å². The predicted molar refractivity (Wildman–Crippen MR) is 138 cm³/mol. The Kier molecular flexibility index (Phi) is 6.17. The number of nitrogens with zero attached hydrogens (tertiary/aromatic N) is 2. The Labute approximate surface area is 209 Å². The highest BCUT2D eigenvalue weighted by Gasteiger charge is 2.72. The van der Waals surface area contributed by atoms with Crippen LogP contribution in [0.15, 0.2) is 71.3 Å². The van der Waals surface area contributed by atoms with Gasteiger partial charge in [-0.2, -0.15) is 4.98 Å². The van der Waals surface area contributed by atoms with Crippen LogP contribution in [0, 0.1) is 5.41 Å². The van der Waals surface area contributed by atoms with Gasteiger partial charge in [-0.3, -0.25) is 9.69 Å². The maximum atomic E-state index is 13.0. The molecule has 1 aromatic heterocycles. The molecule has 0 radical (unpaired) electrons. The first-order valence-corrected chi connectivity index (χ1v) is 12.9. The minimum atomic E-state index is -0.839. The van der Waals surface area contributed by atoms with E-state index in [0.717, 1.165) is 12.1 Å². The van der Waals surface area contributed by atoms with Crippen molar-refractivity contribution in [3.8, 4) is 0 Å². The molecular formula is C27H33N3O4Si. The van der Waals surface area contributed by atoms with Gasteiger partial charge in [0.25, 0.3) is 6.01 Å². The molecule has 2 saturated heterocycles. The number of ketones is 1. The largest absolute Gasteiger partial charge is 0.431 e. The van der Waals surface area contributed by atoms with E-state index in [9.17, 15) is 4.79 Å². The molecule has 3 unspecified atom stereocenters. The van der Waals surface area contributed by atoms with Crippen molar-refractivity contribution in [2.24, 2.45) is 5.41 Å². The Morgan fingerprint density at radius 2 is 1.77 bits per heavy atom. The second-order valence-corrected chi connectivity index (χ2v) is 10.7. The van der Waals surface area contributed by atoms with Crippen molar-refractivity contribution < 1.29 is 18.4 Å². The van der Waals surface area contributed by atoms with Gasteiger partial charge in [0.15, 0.2) is 5.72 Å². The summed E-state index contributed by atoms with van der Waals surface area (Å²) in [4.78, 5) is 19.7. The number of Topliss-reactive ketones (excluding diaryl/α,β-unsaturated/α-hetero) is 1. The highest BCUT2D eigenvalue weighted by Crippen LogP contribution is 2.64. The number of nitrogens with one attached hydrogen (secondary N) is 1. The summed E-state index contributed by atoms with van der Waals surface area (Å²) in [6.45, 7) is 9.13. The predicted octanol–water partition coefficient (Wildman–Crippen LogP) is 2.80. The second kappa shape index (κ2) is 9.02. The number of hydrogen-bond acceptors (Lipinski definition) is 7. The molecule has 1 N–H and O–H groups in total. The number of anilines is 1. The molecule has 0 aliphatic carbocycles. The fourth-order valence-corrected chi connectivity index (χ4v) is 6.66. The summed E-state index contributed by atoms with van der Waals surface area (Å²) >= 11 is 0. The summed E-state index contributed by atoms with van der Waals surface area (Å²) < 4.78 is 18.3. The molecule has 2 aromatic carbocycles. The van der Waals surface area contributed by atoms with Gasteiger partial charge in [0.2, 0.25) is 5.78 Å². The first-order chi connectivity index (χ1) is 16.8. The summed E-state index contributed by atoms with van der Waals surface area (Å²) in [5.74, 6) is -0.171. The average molecular weight is 492 g/mol. The molecule has 0 saturated carbocycles. The molecule has 184 valence electrons. The third kappa shape index (κ3) is 3.58. The standard InChI is InChI=1S/C27H33N3O4Si/c1-25(2,3)26(19-10-6-4-7-11-19)18-30(27(26,34-35)20-12-8-5-9-13-20)24-29-21(17-33-24)23(31)22-16-28-14-15-32-22/h4-13,17,22,28H,14-16,18H2,1-3,35H3. The third-order valence-corrected chi connectivity index (χ3v) is 8.15. The van der Waals surface area contributed by atoms with Crippen LogP contribution in [-0.2, 0) is 20.3 Å². The van der Waals surface area contributed by atoms with Gasteiger partial charge in [-0.1, -0.05) is 81.4 Å². The maximum absolute atomic E-state index is 13.0. The van der Waals surface area contributed by atoms with Crippen LogP contribution in [0.3, 0.4) is 0 Å². The molecule has 0 spiro atoms. The first-order valence-electron chi connectivity index (χ1n) is 12.1. The second-order valence-electron chi connectivity index (χ2n) is 10.3. The fraction of sp³-hybridized carbons (Fsp3) is 0.407. The lowest BCUT2D eigenvalue weighted by atomic mass is 9.50. The number of benzene rings is 2. The van der Waals surface area contributed by atoms with Crippen LogP contribution in [0.4, 0.5) is 6.01 Å². The molecule has 0 amide bonds. The van der Waals surface area contributed by atoms with E-state index in [1.165, 1.54) is 11.8 Å². The van der Waals surface area contributed by atoms with E-state index in [4.69, 9.17) is 13.6 Å². The number of oxazole rings is 1. The number of hydrogen-bond donors (Lipinski definition) is 1. The first kappa shape index (κ1) is 23.9. The third-order valence-electron chi connectivity index (χ3n) is 7.56. The minimum Gasteiger partial charge on any atom is -0.431 e. The van der Waals surface area contributed by atoms with Gasteiger partial charge in [0, 0.05) is 25.2 Å². The van der Waals surface area contributed by atoms with Crippen molar-refractivity contribution in [1.82, 2.24) is 10.3 Å². The highest BCUT2D eigenvalue weighted by molar-refractivity contribution is 5.99. The normalized spacial score (nSPS) is 26.9. The van der Waals surface area contributed by atoms with E-state index in [1.54, 1.807) is 0 Å². The van der Waals surface area contributed by atoms with E-state index in [1.807, 2.05) is 24.3 Å². The lowest BCUT2D eigenvalue weighted by Crippen LogP contribution is -2.80. The van der Waals surface area contributed by atoms with Crippen molar-refractivity contribution >= 4 is 22.3 Å². The molecular weight excluding hydrogens is 458 g/mol. The highest BCUT2D eigenvalue weighted by atomic mass is 28.2. The summed E-state index contributed by atoms with van der Waals surface area (Å²) in [6.07, 6.45) is 0.891. The number of ether oxygens (including phenoxy) is 1. The molecule has 35 heavy (non-hydrogen) atoms. The molecule has 3 aromatic rings. The van der Waals surface area contributed by atoms with Gasteiger partial charge in [-0.25, -0.2) is 0 Å². The molecule has 0 bridgehead atoms. The van der Waals surface area contributed by atoms with Gasteiger partial charge in [0.1, 0.15) is 28.5 Å². The molecule has 5 rings (SSSR count). The molecule has 2 fully saturated rings. The van der Waals surface area contributed by atoms with Crippen molar-refractivity contribution in [3.63, 3.8) is 0 Å². The molecule has 3 heterocycles. The Balaban J connectivity index is 1.62. The summed E-state index contributed by atoms with van der Waals surface area (Å²) in [7, 11) is 0.491. The topological polar surface area (TPSA) is 76.8 Å². The zero-order chi connectivity index (χ0) is 24.7. The van der Waals surface area contributed by atoms with Gasteiger partial charge in [0.05, 0.1) is 12.0 Å². The van der Waals surface area contributed by atoms with Crippen LogP contribution >= 0.6 is 0 Å². The lowest BCUT2D eigenvalue weighted by Gasteiger charge is -2.69. The Morgan fingerprint density at radius 1 is 1.11 bits per heavy atom. The summed E-state index contributed by atoms with van der Waals surface area (Å²) in [6, 6.07) is 21.2. The molecule has 7 nitrogen and oxygen atoms in total. The van der Waals surface area contributed by atoms with Crippen LogP contribution in [0.2, 0.25) is 0 Å². The van der Waals surface area contributed by atoms with Crippen LogP contribution in [0.1, 0.15) is 42.4 Å². The molecule has 3 atom stereocenters. The molecule has 8 heteroatoms. The smallest absolute Gasteiger partial charge is 0.300 e. The van der Waals surface area contributed by atoms with Gasteiger partial charge in [-0.15, -0.1) is 0 Å². The van der Waals surface area contributed by atoms with E-state index < -0.39 is 11.8 Å². The number of carbonyl (C=O) groups is 1. The number of rotatable bonds is 6. The van der Waals surface area contributed by atoms with E-state index in [-0.39, 0.29) is 22.3 Å². The zero-order valence-corrected chi connectivity index (χ0v) is 22.8. The van der Waals surface area contributed by atoms with Crippen molar-refractivity contribution in [2.45, 2.75) is 38.0 Å². The van der Waals surface area contributed by atoms with Crippen LogP contribution < -0.4 is 10.2 Å². The number of aromatic nitrogens is 1. The summed E-state index contributed by atoms with van der Waals surface area (Å²) in [5, 5.41) is 3.20. The van der Waals surface area contributed by atoms with Crippen molar-refractivity contribution in [2.75, 3.05) is 31.1 Å². The number of morpholine rings is 1. The maximum Gasteiger partial charge on any atom is 0.300 e. The van der Waals surface area contributed by atoms with Crippen LogP contribution in [-0.4, -0.2) is 53.6 Å². The Bertz CT molecular complexity index is 1170. The fourth-order valence-electron chi connectivity index (χ4n) is 5.85. The quantitative estimate of drug-likeness (QED) is 0.420. The minimum absolute atomic E-state index is 0.169. The van der Waals surface area contributed by atoms with Gasteiger partial charge in [-0.05, 0) is 11.0 Å². The van der Waals surface area contributed by atoms with E-state index in [2.05, 4.69) is 72.4 Å². The Morgan fingerprint density at radius 3 is 2.34 bits per heavy atom. The molecule has 2 aliphatic rings. The zero-order valence-electron chi connectivity index (χ0n) is 20.8. The lowest BCUT2D eigenvalue weighted by molar-refractivity contribution is -0.133. The van der Waals surface area contributed by atoms with Gasteiger partial charge >= 0.3 is 0 Å². The van der Waals surface area contributed by atoms with Gasteiger partial charge < -0.3 is 18.9 Å². The Hall–Kier alpha value is -2.78. The monoisotopic (exact) mass is 491 g/mol. The van der Waals surface area contributed by atoms with Crippen molar-refractivity contribution in [1.29, 1.82) is 0 Å². The van der Waals surface area contributed by atoms with E-state index in [0.29, 0.717) is 36.2 Å². The number of carbonyl (C=O) groups excluding carboxylic acids is 1. The average Bonchev–Trinajstić information content (AvgIpc) is 3.34. The SMILES string of the molecule is CC(C)(C)C1(c2ccccc2)CN(c2nc(C(=O)C3CNCCO3)co2)C1(O[SiH3])c1ccccc1.